The molecule has 2 aromatic heterocycles. The van der Waals surface area contributed by atoms with E-state index >= 15 is 0 Å². The molecular weight excluding hydrogens is 384 g/mol. The topological polar surface area (TPSA) is 72.9 Å². The third-order valence-electron chi connectivity index (χ3n) is 5.49. The van der Waals surface area contributed by atoms with Gasteiger partial charge in [0.1, 0.15) is 5.76 Å². The van der Waals surface area contributed by atoms with Crippen LogP contribution in [-0.4, -0.2) is 32.5 Å². The lowest BCUT2D eigenvalue weighted by Crippen LogP contribution is -2.33. The summed E-state index contributed by atoms with van der Waals surface area (Å²) >= 11 is 1.43. The lowest BCUT2D eigenvalue weighted by Gasteiger charge is -2.18. The van der Waals surface area contributed by atoms with E-state index in [1.54, 1.807) is 6.26 Å². The molecule has 1 amide bonds. The number of aromatic nitrogens is 3. The van der Waals surface area contributed by atoms with E-state index in [9.17, 15) is 4.79 Å². The lowest BCUT2D eigenvalue weighted by atomic mass is 10.1. The van der Waals surface area contributed by atoms with Crippen LogP contribution >= 0.6 is 11.8 Å². The largest absolute Gasteiger partial charge is 0.469 e. The molecule has 1 N–H and O–H groups in total. The highest BCUT2D eigenvalue weighted by Crippen LogP contribution is 2.32. The number of thioether (sulfide) groups is 1. The van der Waals surface area contributed by atoms with Crippen molar-refractivity contribution in [3.8, 4) is 11.4 Å². The Kier molecular flexibility index (Phi) is 6.04. The van der Waals surface area contributed by atoms with E-state index in [-0.39, 0.29) is 11.9 Å². The maximum atomic E-state index is 12.4. The molecule has 1 fully saturated rings. The standard InChI is InChI=1S/C22H26N4O2S/c1-15(17-8-4-3-5-9-17)26-21(19-12-13-28-16(19)2)24-25-22(26)29-14-20(27)23-18-10-6-7-11-18/h3-5,8-9,12-13,15,18H,6-7,10-11,14H2,1-2H3,(H,23,27). The Bertz CT molecular complexity index is 960. The van der Waals surface area contributed by atoms with Crippen LogP contribution in [0.1, 0.15) is 50.0 Å². The Morgan fingerprint density at radius 1 is 1.24 bits per heavy atom. The molecule has 0 saturated heterocycles. The van der Waals surface area contributed by atoms with E-state index in [2.05, 4.69) is 39.1 Å². The van der Waals surface area contributed by atoms with Crippen LogP contribution in [0.2, 0.25) is 0 Å². The predicted molar refractivity (Wildman–Crippen MR) is 114 cm³/mol. The van der Waals surface area contributed by atoms with E-state index in [0.717, 1.165) is 40.7 Å². The number of amides is 1. The highest BCUT2D eigenvalue weighted by atomic mass is 32.2. The first kappa shape index (κ1) is 19.8. The van der Waals surface area contributed by atoms with E-state index < -0.39 is 0 Å². The van der Waals surface area contributed by atoms with Crippen molar-refractivity contribution in [2.24, 2.45) is 0 Å². The van der Waals surface area contributed by atoms with Gasteiger partial charge >= 0.3 is 0 Å². The fraction of sp³-hybridized carbons (Fsp3) is 0.409. The van der Waals surface area contributed by atoms with Gasteiger partial charge in [-0.05, 0) is 38.3 Å². The van der Waals surface area contributed by atoms with E-state index in [1.165, 1.54) is 24.6 Å². The lowest BCUT2D eigenvalue weighted by molar-refractivity contribution is -0.119. The van der Waals surface area contributed by atoms with Crippen molar-refractivity contribution in [1.29, 1.82) is 0 Å². The van der Waals surface area contributed by atoms with Crippen LogP contribution in [0.5, 0.6) is 0 Å². The smallest absolute Gasteiger partial charge is 0.230 e. The molecule has 1 aliphatic rings. The zero-order valence-electron chi connectivity index (χ0n) is 16.8. The molecule has 0 radical (unpaired) electrons. The molecule has 1 atom stereocenters. The van der Waals surface area contributed by atoms with E-state index in [1.807, 2.05) is 31.2 Å². The molecule has 2 heterocycles. The van der Waals surface area contributed by atoms with E-state index in [4.69, 9.17) is 4.42 Å². The van der Waals surface area contributed by atoms with Crippen LogP contribution in [0.15, 0.2) is 52.2 Å². The molecule has 6 nitrogen and oxygen atoms in total. The van der Waals surface area contributed by atoms with Gasteiger partial charge in [-0.25, -0.2) is 0 Å². The third kappa shape index (κ3) is 4.40. The summed E-state index contributed by atoms with van der Waals surface area (Å²) in [6.07, 6.45) is 6.24. The second kappa shape index (κ2) is 8.86. The zero-order valence-corrected chi connectivity index (χ0v) is 17.6. The molecule has 4 rings (SSSR count). The molecule has 0 bridgehead atoms. The van der Waals surface area contributed by atoms with Crippen LogP contribution in [0.4, 0.5) is 0 Å². The fourth-order valence-electron chi connectivity index (χ4n) is 3.88. The summed E-state index contributed by atoms with van der Waals surface area (Å²) in [5.41, 5.74) is 2.08. The summed E-state index contributed by atoms with van der Waals surface area (Å²) in [5, 5.41) is 12.7. The summed E-state index contributed by atoms with van der Waals surface area (Å²) in [4.78, 5) is 12.4. The summed E-state index contributed by atoms with van der Waals surface area (Å²) < 4.78 is 7.59. The highest BCUT2D eigenvalue weighted by Gasteiger charge is 2.23. The van der Waals surface area contributed by atoms with Crippen molar-refractivity contribution in [2.45, 2.75) is 56.8 Å². The highest BCUT2D eigenvalue weighted by molar-refractivity contribution is 7.99. The van der Waals surface area contributed by atoms with Gasteiger partial charge in [0.2, 0.25) is 5.91 Å². The fourth-order valence-corrected chi connectivity index (χ4v) is 4.70. The Morgan fingerprint density at radius 2 is 2.00 bits per heavy atom. The Labute approximate surface area is 175 Å². The molecule has 1 saturated carbocycles. The normalized spacial score (nSPS) is 15.5. The molecule has 152 valence electrons. The number of nitrogens with zero attached hydrogens (tertiary/aromatic N) is 3. The van der Waals surface area contributed by atoms with Gasteiger partial charge in [0, 0.05) is 6.04 Å². The van der Waals surface area contributed by atoms with Crippen LogP contribution in [0.3, 0.4) is 0 Å². The maximum absolute atomic E-state index is 12.4. The average molecular weight is 411 g/mol. The summed E-state index contributed by atoms with van der Waals surface area (Å²) in [7, 11) is 0. The van der Waals surface area contributed by atoms with Gasteiger partial charge in [-0.3, -0.25) is 9.36 Å². The monoisotopic (exact) mass is 410 g/mol. The van der Waals surface area contributed by atoms with Crippen LogP contribution in [-0.2, 0) is 4.79 Å². The van der Waals surface area contributed by atoms with Crippen LogP contribution < -0.4 is 5.32 Å². The zero-order chi connectivity index (χ0) is 20.2. The second-order valence-electron chi connectivity index (χ2n) is 7.49. The third-order valence-corrected chi connectivity index (χ3v) is 6.43. The summed E-state index contributed by atoms with van der Waals surface area (Å²) in [5.74, 6) is 1.95. The average Bonchev–Trinajstić information content (AvgIpc) is 3.47. The number of furan rings is 1. The molecule has 3 aromatic rings. The van der Waals surface area contributed by atoms with Crippen molar-refractivity contribution >= 4 is 17.7 Å². The molecule has 7 heteroatoms. The molecule has 29 heavy (non-hydrogen) atoms. The molecule has 1 aromatic carbocycles. The maximum Gasteiger partial charge on any atom is 0.230 e. The Hall–Kier alpha value is -2.54. The number of nitrogens with one attached hydrogen (secondary N) is 1. The van der Waals surface area contributed by atoms with Crippen molar-refractivity contribution in [3.63, 3.8) is 0 Å². The Balaban J connectivity index is 1.59. The first-order valence-electron chi connectivity index (χ1n) is 10.1. The first-order valence-corrected chi connectivity index (χ1v) is 11.1. The number of hydrogen-bond donors (Lipinski definition) is 1. The number of hydrogen-bond acceptors (Lipinski definition) is 5. The van der Waals surface area contributed by atoms with Crippen LogP contribution in [0.25, 0.3) is 11.4 Å². The summed E-state index contributed by atoms with van der Waals surface area (Å²) in [6.45, 7) is 4.05. The van der Waals surface area contributed by atoms with Gasteiger partial charge in [0.05, 0.1) is 23.6 Å². The summed E-state index contributed by atoms with van der Waals surface area (Å²) in [6, 6.07) is 12.5. The second-order valence-corrected chi connectivity index (χ2v) is 8.43. The number of carbonyl (C=O) groups is 1. The molecular formula is C22H26N4O2S. The minimum Gasteiger partial charge on any atom is -0.469 e. The predicted octanol–water partition coefficient (Wildman–Crippen LogP) is 4.61. The van der Waals surface area contributed by atoms with E-state index in [0.29, 0.717) is 11.8 Å². The van der Waals surface area contributed by atoms with Crippen molar-refractivity contribution < 1.29 is 9.21 Å². The SMILES string of the molecule is Cc1occc1-c1nnc(SCC(=O)NC2CCCC2)n1C(C)c1ccccc1. The van der Waals surface area contributed by atoms with Crippen molar-refractivity contribution in [3.05, 3.63) is 54.0 Å². The van der Waals surface area contributed by atoms with Crippen molar-refractivity contribution in [1.82, 2.24) is 20.1 Å². The molecule has 1 aliphatic carbocycles. The quantitative estimate of drug-likeness (QED) is 0.576. The molecule has 1 unspecified atom stereocenters. The first-order chi connectivity index (χ1) is 14.1. The van der Waals surface area contributed by atoms with Gasteiger partial charge in [-0.15, -0.1) is 10.2 Å². The molecule has 0 spiro atoms. The minimum absolute atomic E-state index is 0.0240. The minimum atomic E-state index is 0.0240. The van der Waals surface area contributed by atoms with Gasteiger partial charge in [0.25, 0.3) is 0 Å². The van der Waals surface area contributed by atoms with Crippen molar-refractivity contribution in [2.75, 3.05) is 5.75 Å². The number of rotatable bonds is 7. The van der Waals surface area contributed by atoms with Gasteiger partial charge in [-0.2, -0.15) is 0 Å². The number of carbonyl (C=O) groups excluding carboxylic acids is 1. The number of aryl methyl sites for hydroxylation is 1. The van der Waals surface area contributed by atoms with Gasteiger partial charge < -0.3 is 9.73 Å². The Morgan fingerprint density at radius 3 is 2.69 bits per heavy atom. The van der Waals surface area contributed by atoms with Crippen LogP contribution in [0, 0.1) is 6.92 Å². The number of benzene rings is 1. The van der Waals surface area contributed by atoms with Gasteiger partial charge in [0.15, 0.2) is 11.0 Å². The molecule has 0 aliphatic heterocycles. The van der Waals surface area contributed by atoms with Gasteiger partial charge in [-0.1, -0.05) is 54.9 Å².